The second-order valence-electron chi connectivity index (χ2n) is 3.99. The van der Waals surface area contributed by atoms with Gasteiger partial charge in [-0.3, -0.25) is 0 Å². The summed E-state index contributed by atoms with van der Waals surface area (Å²) in [5.74, 6) is 0.830. The predicted molar refractivity (Wildman–Crippen MR) is 69.2 cm³/mol. The zero-order chi connectivity index (χ0) is 13.0. The molecule has 4 heteroatoms. The molecule has 2 aromatic rings. The molecule has 1 atom stereocenters. The molecular weight excluding hydrogens is 231 g/mol. The molecule has 0 spiro atoms. The number of nitrogens with zero attached hydrogens (tertiary/aromatic N) is 1. The SMILES string of the molecule is COc1cccc(C(C)Nc2cccc(F)n2)c1. The Labute approximate surface area is 106 Å². The summed E-state index contributed by atoms with van der Waals surface area (Å²) in [5, 5.41) is 3.14. The fraction of sp³-hybridized carbons (Fsp3) is 0.214. The van der Waals surface area contributed by atoms with Crippen LogP contribution in [-0.4, -0.2) is 12.1 Å². The third-order valence-electron chi connectivity index (χ3n) is 2.67. The van der Waals surface area contributed by atoms with Crippen molar-refractivity contribution in [3.63, 3.8) is 0 Å². The molecule has 0 aliphatic rings. The smallest absolute Gasteiger partial charge is 0.214 e. The molecule has 1 unspecified atom stereocenters. The van der Waals surface area contributed by atoms with Crippen LogP contribution in [0.2, 0.25) is 0 Å². The maximum atomic E-state index is 13.0. The van der Waals surface area contributed by atoms with E-state index in [9.17, 15) is 4.39 Å². The van der Waals surface area contributed by atoms with E-state index >= 15 is 0 Å². The van der Waals surface area contributed by atoms with Crippen LogP contribution in [0.5, 0.6) is 5.75 Å². The van der Waals surface area contributed by atoms with Gasteiger partial charge in [0.2, 0.25) is 5.95 Å². The summed E-state index contributed by atoms with van der Waals surface area (Å²) < 4.78 is 18.1. The first-order chi connectivity index (χ1) is 8.69. The lowest BCUT2D eigenvalue weighted by molar-refractivity contribution is 0.414. The number of rotatable bonds is 4. The van der Waals surface area contributed by atoms with Crippen molar-refractivity contribution in [1.29, 1.82) is 0 Å². The third-order valence-corrected chi connectivity index (χ3v) is 2.67. The largest absolute Gasteiger partial charge is 0.497 e. The first kappa shape index (κ1) is 12.4. The lowest BCUT2D eigenvalue weighted by Crippen LogP contribution is -2.08. The van der Waals surface area contributed by atoms with E-state index in [1.165, 1.54) is 6.07 Å². The molecule has 0 aliphatic carbocycles. The molecule has 0 amide bonds. The van der Waals surface area contributed by atoms with Gasteiger partial charge in [-0.25, -0.2) is 4.98 Å². The van der Waals surface area contributed by atoms with Gasteiger partial charge >= 0.3 is 0 Å². The maximum Gasteiger partial charge on any atom is 0.214 e. The highest BCUT2D eigenvalue weighted by molar-refractivity contribution is 5.39. The van der Waals surface area contributed by atoms with Crippen LogP contribution in [0.25, 0.3) is 0 Å². The fourth-order valence-electron chi connectivity index (χ4n) is 1.70. The Bertz CT molecular complexity index is 531. The van der Waals surface area contributed by atoms with E-state index in [2.05, 4.69) is 10.3 Å². The molecule has 94 valence electrons. The summed E-state index contributed by atoms with van der Waals surface area (Å²) in [6, 6.07) is 12.4. The molecule has 3 nitrogen and oxygen atoms in total. The van der Waals surface area contributed by atoms with Crippen molar-refractivity contribution in [3.8, 4) is 5.75 Å². The first-order valence-electron chi connectivity index (χ1n) is 5.72. The Morgan fingerprint density at radius 3 is 2.72 bits per heavy atom. The van der Waals surface area contributed by atoms with Crippen LogP contribution >= 0.6 is 0 Å². The molecule has 0 saturated heterocycles. The van der Waals surface area contributed by atoms with Crippen LogP contribution in [-0.2, 0) is 0 Å². The van der Waals surface area contributed by atoms with Gasteiger partial charge in [-0.2, -0.15) is 4.39 Å². The maximum absolute atomic E-state index is 13.0. The molecule has 1 heterocycles. The highest BCUT2D eigenvalue weighted by atomic mass is 19.1. The summed E-state index contributed by atoms with van der Waals surface area (Å²) in [7, 11) is 1.63. The molecule has 2 rings (SSSR count). The van der Waals surface area contributed by atoms with Crippen LogP contribution in [0.4, 0.5) is 10.2 Å². The Kier molecular flexibility index (Phi) is 3.77. The van der Waals surface area contributed by atoms with Crippen LogP contribution in [0.1, 0.15) is 18.5 Å². The van der Waals surface area contributed by atoms with Crippen molar-refractivity contribution < 1.29 is 9.13 Å². The highest BCUT2D eigenvalue weighted by Gasteiger charge is 2.07. The lowest BCUT2D eigenvalue weighted by Gasteiger charge is -2.15. The number of halogens is 1. The summed E-state index contributed by atoms with van der Waals surface area (Å²) in [4.78, 5) is 3.77. The van der Waals surface area contributed by atoms with Crippen molar-refractivity contribution in [1.82, 2.24) is 4.98 Å². The van der Waals surface area contributed by atoms with Crippen molar-refractivity contribution in [2.24, 2.45) is 0 Å². The average Bonchev–Trinajstić information content (AvgIpc) is 2.39. The number of nitrogens with one attached hydrogen (secondary N) is 1. The van der Waals surface area contributed by atoms with E-state index in [4.69, 9.17) is 4.74 Å². The number of benzene rings is 1. The first-order valence-corrected chi connectivity index (χ1v) is 5.72. The minimum Gasteiger partial charge on any atom is -0.497 e. The topological polar surface area (TPSA) is 34.1 Å². The third kappa shape index (κ3) is 2.97. The van der Waals surface area contributed by atoms with E-state index in [0.29, 0.717) is 5.82 Å². The van der Waals surface area contributed by atoms with Crippen LogP contribution < -0.4 is 10.1 Å². The zero-order valence-corrected chi connectivity index (χ0v) is 10.4. The molecule has 1 aromatic heterocycles. The molecule has 0 aliphatic heterocycles. The predicted octanol–water partition coefficient (Wildman–Crippen LogP) is 3.40. The molecule has 18 heavy (non-hydrogen) atoms. The van der Waals surface area contributed by atoms with Crippen molar-refractivity contribution in [3.05, 3.63) is 54.0 Å². The Morgan fingerprint density at radius 2 is 2.00 bits per heavy atom. The number of hydrogen-bond acceptors (Lipinski definition) is 3. The van der Waals surface area contributed by atoms with E-state index in [1.807, 2.05) is 31.2 Å². The summed E-state index contributed by atoms with van der Waals surface area (Å²) in [6.07, 6.45) is 0. The second-order valence-corrected chi connectivity index (χ2v) is 3.99. The monoisotopic (exact) mass is 246 g/mol. The quantitative estimate of drug-likeness (QED) is 0.839. The second kappa shape index (κ2) is 5.49. The zero-order valence-electron chi connectivity index (χ0n) is 10.4. The van der Waals surface area contributed by atoms with Gasteiger partial charge < -0.3 is 10.1 Å². The van der Waals surface area contributed by atoms with Gasteiger partial charge in [-0.05, 0) is 36.8 Å². The Morgan fingerprint density at radius 1 is 1.22 bits per heavy atom. The molecule has 1 aromatic carbocycles. The molecule has 0 bridgehead atoms. The Hall–Kier alpha value is -2.10. The van der Waals surface area contributed by atoms with Gasteiger partial charge in [-0.1, -0.05) is 18.2 Å². The van der Waals surface area contributed by atoms with Gasteiger partial charge in [0.25, 0.3) is 0 Å². The minimum absolute atomic E-state index is 0.0226. The number of ether oxygens (including phenoxy) is 1. The van der Waals surface area contributed by atoms with Crippen molar-refractivity contribution >= 4 is 5.82 Å². The molecular formula is C14H15FN2O. The van der Waals surface area contributed by atoms with Crippen molar-refractivity contribution in [2.45, 2.75) is 13.0 Å². The van der Waals surface area contributed by atoms with E-state index in [-0.39, 0.29) is 6.04 Å². The van der Waals surface area contributed by atoms with Crippen LogP contribution in [0.3, 0.4) is 0 Å². The number of hydrogen-bond donors (Lipinski definition) is 1. The van der Waals surface area contributed by atoms with Gasteiger partial charge in [0.15, 0.2) is 0 Å². The van der Waals surface area contributed by atoms with Gasteiger partial charge in [0.05, 0.1) is 13.2 Å². The molecule has 1 N–H and O–H groups in total. The van der Waals surface area contributed by atoms with Gasteiger partial charge in [-0.15, -0.1) is 0 Å². The van der Waals surface area contributed by atoms with Gasteiger partial charge in [0, 0.05) is 0 Å². The number of anilines is 1. The van der Waals surface area contributed by atoms with E-state index in [0.717, 1.165) is 11.3 Å². The van der Waals surface area contributed by atoms with E-state index < -0.39 is 5.95 Å². The lowest BCUT2D eigenvalue weighted by atomic mass is 10.1. The summed E-state index contributed by atoms with van der Waals surface area (Å²) >= 11 is 0. The minimum atomic E-state index is -0.488. The summed E-state index contributed by atoms with van der Waals surface area (Å²) in [6.45, 7) is 1.99. The molecule has 0 radical (unpaired) electrons. The van der Waals surface area contributed by atoms with Crippen LogP contribution in [0, 0.1) is 5.95 Å². The standard InChI is InChI=1S/C14H15FN2O/c1-10(11-5-3-6-12(9-11)18-2)16-14-8-4-7-13(15)17-14/h3-10H,1-2H3,(H,16,17). The number of pyridine rings is 1. The van der Waals surface area contributed by atoms with Gasteiger partial charge in [0.1, 0.15) is 11.6 Å². The number of methoxy groups -OCH3 is 1. The van der Waals surface area contributed by atoms with Crippen LogP contribution in [0.15, 0.2) is 42.5 Å². The highest BCUT2D eigenvalue weighted by Crippen LogP contribution is 2.21. The van der Waals surface area contributed by atoms with E-state index in [1.54, 1.807) is 19.2 Å². The normalized spacial score (nSPS) is 11.9. The fourth-order valence-corrected chi connectivity index (χ4v) is 1.70. The molecule has 0 saturated carbocycles. The Balaban J connectivity index is 2.13. The molecule has 0 fully saturated rings. The number of aromatic nitrogens is 1. The van der Waals surface area contributed by atoms with Crippen molar-refractivity contribution in [2.75, 3.05) is 12.4 Å². The summed E-state index contributed by atoms with van der Waals surface area (Å²) in [5.41, 5.74) is 1.06. The average molecular weight is 246 g/mol.